The highest BCUT2D eigenvalue weighted by atomic mass is 127. The van der Waals surface area contributed by atoms with Gasteiger partial charge in [0.25, 0.3) is 0 Å². The fraction of sp³-hybridized carbons (Fsp3) is 0. The van der Waals surface area contributed by atoms with Gasteiger partial charge in [0.15, 0.2) is 5.58 Å². The maximum Gasteiger partial charge on any atom is 0.160 e. The lowest BCUT2D eigenvalue weighted by Crippen LogP contribution is -1.78. The number of hydrogen-bond acceptors (Lipinski definition) is 1. The van der Waals surface area contributed by atoms with Gasteiger partial charge in [-0.05, 0) is 30.3 Å². The summed E-state index contributed by atoms with van der Waals surface area (Å²) in [5.74, 6) is 0. The predicted octanol–water partition coefficient (Wildman–Crippen LogP) is 7.53. The van der Waals surface area contributed by atoms with Crippen LogP contribution in [-0.2, 0) is 0 Å². The highest BCUT2D eigenvalue weighted by molar-refractivity contribution is 14.1. The Labute approximate surface area is 173 Å². The number of benzene rings is 4. The Morgan fingerprint density at radius 1 is 0.679 bits per heavy atom. The van der Waals surface area contributed by atoms with E-state index in [1.165, 1.54) is 27.1 Å². The minimum Gasteiger partial charge on any atom is -0.454 e. The van der Waals surface area contributed by atoms with Gasteiger partial charge in [-0.3, -0.25) is 2.78 Å². The second-order valence-corrected chi connectivity index (χ2v) is 8.27. The van der Waals surface area contributed by atoms with Crippen LogP contribution < -0.4 is 0 Å². The van der Waals surface area contributed by atoms with Crippen LogP contribution >= 0.6 is 22.9 Å². The van der Waals surface area contributed by atoms with E-state index in [9.17, 15) is 0 Å². The number of para-hydroxylation sites is 2. The fourth-order valence-corrected chi connectivity index (χ4v) is 5.47. The van der Waals surface area contributed by atoms with Crippen LogP contribution in [0.4, 0.5) is 0 Å². The van der Waals surface area contributed by atoms with Crippen molar-refractivity contribution in [2.45, 2.75) is 0 Å². The van der Waals surface area contributed by atoms with E-state index in [1.54, 1.807) is 0 Å². The summed E-state index contributed by atoms with van der Waals surface area (Å²) < 4.78 is 8.68. The third kappa shape index (κ3) is 1.74. The number of fused-ring (bicyclic) bond motifs is 10. The molecule has 0 saturated heterocycles. The molecular weight excluding hydrogens is 459 g/mol. The van der Waals surface area contributed by atoms with Crippen LogP contribution in [0, 0.1) is 0 Å². The summed E-state index contributed by atoms with van der Waals surface area (Å²) >= 11 is 2.38. The van der Waals surface area contributed by atoms with Crippen molar-refractivity contribution in [3.63, 3.8) is 0 Å². The van der Waals surface area contributed by atoms with Crippen LogP contribution in [0.2, 0.25) is 0 Å². The second-order valence-electron chi connectivity index (χ2n) is 7.30. The SMILES string of the molecule is In1c2ccccc2c2ccc3c4cc5[nH]c6ccccc6c5cc4oc3c21. The van der Waals surface area contributed by atoms with Gasteiger partial charge in [0, 0.05) is 43.4 Å². The minimum atomic E-state index is 0.932. The maximum absolute atomic E-state index is 6.46. The number of nitrogens with zero attached hydrogens (tertiary/aromatic N) is 1. The summed E-state index contributed by atoms with van der Waals surface area (Å²) in [5, 5.41) is 7.22. The van der Waals surface area contributed by atoms with Gasteiger partial charge >= 0.3 is 0 Å². The topological polar surface area (TPSA) is 33.9 Å². The number of H-pyrrole nitrogens is 1. The molecule has 0 spiro atoms. The molecule has 0 fully saturated rings. The molecule has 3 aromatic heterocycles. The van der Waals surface area contributed by atoms with Crippen molar-refractivity contribution < 1.29 is 4.42 Å². The van der Waals surface area contributed by atoms with Crippen molar-refractivity contribution in [3.8, 4) is 0 Å². The number of nitrogens with one attached hydrogen (secondary N) is 1. The van der Waals surface area contributed by atoms with Crippen LogP contribution in [0.1, 0.15) is 0 Å². The Balaban J connectivity index is 1.69. The molecule has 0 radical (unpaired) electrons. The molecule has 0 atom stereocenters. The maximum atomic E-state index is 6.46. The van der Waals surface area contributed by atoms with Gasteiger partial charge in [0.05, 0.1) is 28.4 Å². The average molecular weight is 472 g/mol. The zero-order chi connectivity index (χ0) is 18.4. The third-order valence-corrected chi connectivity index (χ3v) is 6.84. The van der Waals surface area contributed by atoms with Crippen LogP contribution in [0.3, 0.4) is 0 Å². The van der Waals surface area contributed by atoms with Gasteiger partial charge in [0.1, 0.15) is 11.1 Å². The van der Waals surface area contributed by atoms with Gasteiger partial charge in [-0.15, -0.1) is 0 Å². The molecule has 0 aliphatic heterocycles. The van der Waals surface area contributed by atoms with Crippen LogP contribution in [-0.4, -0.2) is 7.76 Å². The van der Waals surface area contributed by atoms with Crippen molar-refractivity contribution >= 4 is 88.4 Å². The Bertz CT molecular complexity index is 1730. The molecule has 0 aliphatic rings. The molecule has 0 bridgehead atoms. The molecule has 132 valence electrons. The lowest BCUT2D eigenvalue weighted by molar-refractivity contribution is 0.672. The third-order valence-electron chi connectivity index (χ3n) is 5.84. The summed E-state index contributed by atoms with van der Waals surface area (Å²) in [6.07, 6.45) is 0. The number of furan rings is 1. The summed E-state index contributed by atoms with van der Waals surface area (Å²) in [7, 11) is 0. The van der Waals surface area contributed by atoms with Gasteiger partial charge in [-0.2, -0.15) is 0 Å². The Hall–Kier alpha value is -2.99. The first-order valence-electron chi connectivity index (χ1n) is 9.24. The summed E-state index contributed by atoms with van der Waals surface area (Å²) in [4.78, 5) is 3.55. The quantitative estimate of drug-likeness (QED) is 0.228. The largest absolute Gasteiger partial charge is 0.454 e. The molecule has 0 unspecified atom stereocenters. The molecule has 0 amide bonds. The normalized spacial score (nSPS) is 12.5. The molecule has 1 N–H and O–H groups in total. The van der Waals surface area contributed by atoms with Gasteiger partial charge in [-0.1, -0.05) is 42.5 Å². The Kier molecular flexibility index (Phi) is 2.72. The summed E-state index contributed by atoms with van der Waals surface area (Å²) in [6, 6.07) is 25.7. The molecule has 0 aliphatic carbocycles. The molecule has 7 aromatic rings. The summed E-state index contributed by atoms with van der Waals surface area (Å²) in [6.45, 7) is 0. The monoisotopic (exact) mass is 472 g/mol. The van der Waals surface area contributed by atoms with E-state index in [2.05, 4.69) is 103 Å². The van der Waals surface area contributed by atoms with Gasteiger partial charge < -0.3 is 9.40 Å². The average Bonchev–Trinajstić information content (AvgIpc) is 3.36. The van der Waals surface area contributed by atoms with E-state index in [0.717, 1.165) is 38.5 Å². The van der Waals surface area contributed by atoms with E-state index in [4.69, 9.17) is 4.42 Å². The Morgan fingerprint density at radius 3 is 2.39 bits per heavy atom. The number of aromatic amines is 1. The molecule has 28 heavy (non-hydrogen) atoms. The van der Waals surface area contributed by atoms with E-state index >= 15 is 0 Å². The zero-order valence-electron chi connectivity index (χ0n) is 14.7. The highest BCUT2D eigenvalue weighted by Gasteiger charge is 2.17. The van der Waals surface area contributed by atoms with Crippen LogP contribution in [0.15, 0.2) is 77.2 Å². The number of aromatic nitrogens is 2. The summed E-state index contributed by atoms with van der Waals surface area (Å²) in [5.41, 5.74) is 6.54. The molecule has 0 saturated carbocycles. The van der Waals surface area contributed by atoms with E-state index in [0.29, 0.717) is 0 Å². The molecule has 4 aromatic carbocycles. The number of halogens is 1. The van der Waals surface area contributed by atoms with E-state index in [-0.39, 0.29) is 0 Å². The number of rotatable bonds is 0. The van der Waals surface area contributed by atoms with Crippen LogP contribution in [0.5, 0.6) is 0 Å². The number of hydrogen-bond donors (Lipinski definition) is 1. The smallest absolute Gasteiger partial charge is 0.160 e. The van der Waals surface area contributed by atoms with Gasteiger partial charge in [-0.25, -0.2) is 0 Å². The van der Waals surface area contributed by atoms with E-state index < -0.39 is 0 Å². The predicted molar refractivity (Wildman–Crippen MR) is 126 cm³/mol. The first-order valence-corrected chi connectivity index (χ1v) is 10.2. The lowest BCUT2D eigenvalue weighted by atomic mass is 10.1. The van der Waals surface area contributed by atoms with Crippen molar-refractivity contribution in [3.05, 3.63) is 72.8 Å². The molecular formula is C24H13IN2O. The molecule has 4 heteroatoms. The van der Waals surface area contributed by atoms with Crippen LogP contribution in [0.25, 0.3) is 65.6 Å². The van der Waals surface area contributed by atoms with Crippen molar-refractivity contribution in [2.24, 2.45) is 0 Å². The minimum absolute atomic E-state index is 0.932. The van der Waals surface area contributed by atoms with E-state index in [1.807, 2.05) is 0 Å². The fourth-order valence-electron chi connectivity index (χ4n) is 4.57. The molecule has 3 nitrogen and oxygen atoms in total. The van der Waals surface area contributed by atoms with Gasteiger partial charge in [0.2, 0.25) is 0 Å². The first-order chi connectivity index (χ1) is 13.8. The van der Waals surface area contributed by atoms with Crippen molar-refractivity contribution in [2.75, 3.05) is 0 Å². The first kappa shape index (κ1) is 15.0. The molecule has 7 rings (SSSR count). The second kappa shape index (κ2) is 5.08. The van der Waals surface area contributed by atoms with Crippen molar-refractivity contribution in [1.29, 1.82) is 0 Å². The van der Waals surface area contributed by atoms with Crippen molar-refractivity contribution in [1.82, 2.24) is 7.76 Å². The molecule has 3 heterocycles. The zero-order valence-corrected chi connectivity index (χ0v) is 16.8. The standard InChI is InChI=1S/C24H13IN2O/c25-27-21-8-4-2-6-14(21)15-9-10-16-18-11-20-17(12-22(18)28-24(16)23(15)27)13-5-1-3-7-19(13)26-20/h1-12,26H. The lowest BCUT2D eigenvalue weighted by Gasteiger charge is -1.96. The highest BCUT2D eigenvalue weighted by Crippen LogP contribution is 2.41. The Morgan fingerprint density at radius 2 is 1.46 bits per heavy atom.